The molecule has 3 heteroatoms. The summed E-state index contributed by atoms with van der Waals surface area (Å²) in [6, 6.07) is 6.15. The summed E-state index contributed by atoms with van der Waals surface area (Å²) in [6.45, 7) is 8.43. The first-order valence-electron chi connectivity index (χ1n) is 6.02. The molecule has 0 aromatic heterocycles. The monoisotopic (exact) mass is 235 g/mol. The molecule has 1 aromatic rings. The number of aliphatic carboxylic acids is 1. The highest BCUT2D eigenvalue weighted by Crippen LogP contribution is 2.32. The summed E-state index contributed by atoms with van der Waals surface area (Å²) in [6.07, 6.45) is 0. The first-order valence-corrected chi connectivity index (χ1v) is 6.02. The highest BCUT2D eigenvalue weighted by molar-refractivity contribution is 5.74. The van der Waals surface area contributed by atoms with Crippen LogP contribution >= 0.6 is 0 Å². The van der Waals surface area contributed by atoms with Gasteiger partial charge in [0.15, 0.2) is 0 Å². The van der Waals surface area contributed by atoms with Crippen LogP contribution in [0, 0.1) is 0 Å². The first kappa shape index (κ1) is 13.6. The van der Waals surface area contributed by atoms with E-state index in [4.69, 9.17) is 5.11 Å². The average Bonchev–Trinajstić information content (AvgIpc) is 2.25. The Morgan fingerprint density at radius 3 is 2.00 bits per heavy atom. The van der Waals surface area contributed by atoms with Gasteiger partial charge in [0.25, 0.3) is 0 Å². The normalized spacial score (nSPS) is 10.9. The fourth-order valence-corrected chi connectivity index (χ4v) is 1.92. The molecular formula is C14H21NO2. The molecular weight excluding hydrogens is 214 g/mol. The smallest absolute Gasteiger partial charge is 0.322 e. The minimum atomic E-state index is -0.835. The summed E-state index contributed by atoms with van der Waals surface area (Å²) in [7, 11) is 0. The molecule has 0 saturated carbocycles. The Bertz CT molecular complexity index is 371. The fourth-order valence-electron chi connectivity index (χ4n) is 1.92. The van der Waals surface area contributed by atoms with E-state index >= 15 is 0 Å². The van der Waals surface area contributed by atoms with E-state index in [0.29, 0.717) is 11.8 Å². The minimum absolute atomic E-state index is 0.0382. The van der Waals surface area contributed by atoms with Gasteiger partial charge in [0.05, 0.1) is 0 Å². The van der Waals surface area contributed by atoms with Crippen LogP contribution in [0.5, 0.6) is 0 Å². The van der Waals surface area contributed by atoms with Crippen molar-refractivity contribution in [2.24, 2.45) is 0 Å². The van der Waals surface area contributed by atoms with Crippen LogP contribution in [-0.2, 0) is 4.79 Å². The predicted octanol–water partition coefficient (Wildman–Crippen LogP) is 3.43. The molecule has 0 saturated heterocycles. The fraction of sp³-hybridized carbons (Fsp3) is 0.500. The van der Waals surface area contributed by atoms with Gasteiger partial charge in [0.2, 0.25) is 0 Å². The van der Waals surface area contributed by atoms with Gasteiger partial charge in [-0.3, -0.25) is 4.79 Å². The molecule has 3 nitrogen and oxygen atoms in total. The maximum atomic E-state index is 10.7. The number of nitrogens with one attached hydrogen (secondary N) is 1. The van der Waals surface area contributed by atoms with Gasteiger partial charge in [-0.05, 0) is 23.0 Å². The summed E-state index contributed by atoms with van der Waals surface area (Å²) < 4.78 is 0. The molecule has 0 radical (unpaired) electrons. The van der Waals surface area contributed by atoms with Crippen LogP contribution in [0.4, 0.5) is 5.69 Å². The zero-order valence-corrected chi connectivity index (χ0v) is 10.9. The SMILES string of the molecule is CC(C)c1cccc(C(C)C)c1NCC(=O)O. The lowest BCUT2D eigenvalue weighted by molar-refractivity contribution is -0.134. The molecule has 1 rings (SSSR count). The highest BCUT2D eigenvalue weighted by atomic mass is 16.4. The molecule has 0 aliphatic heterocycles. The molecule has 2 N–H and O–H groups in total. The Hall–Kier alpha value is -1.51. The van der Waals surface area contributed by atoms with Gasteiger partial charge in [-0.1, -0.05) is 45.9 Å². The van der Waals surface area contributed by atoms with Crippen LogP contribution in [0.25, 0.3) is 0 Å². The van der Waals surface area contributed by atoms with Crippen LogP contribution in [0.15, 0.2) is 18.2 Å². The molecule has 0 spiro atoms. The highest BCUT2D eigenvalue weighted by Gasteiger charge is 2.13. The maximum absolute atomic E-state index is 10.7. The molecule has 1 aromatic carbocycles. The summed E-state index contributed by atoms with van der Waals surface area (Å²) in [5, 5.41) is 11.8. The molecule has 0 unspecified atom stereocenters. The third kappa shape index (κ3) is 3.48. The standard InChI is InChI=1S/C14H21NO2/c1-9(2)11-6-5-7-12(10(3)4)14(11)15-8-13(16)17/h5-7,9-10,15H,8H2,1-4H3,(H,16,17). The van der Waals surface area contributed by atoms with Crippen molar-refractivity contribution in [2.75, 3.05) is 11.9 Å². The number of carboxylic acid groups (broad SMARTS) is 1. The van der Waals surface area contributed by atoms with Crippen molar-refractivity contribution < 1.29 is 9.90 Å². The van der Waals surface area contributed by atoms with Crippen molar-refractivity contribution in [3.8, 4) is 0 Å². The third-order valence-electron chi connectivity index (χ3n) is 2.79. The molecule has 0 bridgehead atoms. The summed E-state index contributed by atoms with van der Waals surface area (Å²) in [5.41, 5.74) is 3.34. The quantitative estimate of drug-likeness (QED) is 0.822. The van der Waals surface area contributed by atoms with Crippen molar-refractivity contribution in [2.45, 2.75) is 39.5 Å². The lowest BCUT2D eigenvalue weighted by Gasteiger charge is -2.20. The lowest BCUT2D eigenvalue weighted by atomic mass is 9.92. The Labute approximate surface area is 103 Å². The zero-order valence-electron chi connectivity index (χ0n) is 10.9. The number of carboxylic acids is 1. The van der Waals surface area contributed by atoms with E-state index in [-0.39, 0.29) is 6.54 Å². The molecule has 17 heavy (non-hydrogen) atoms. The van der Waals surface area contributed by atoms with E-state index in [2.05, 4.69) is 45.1 Å². The maximum Gasteiger partial charge on any atom is 0.322 e. The van der Waals surface area contributed by atoms with E-state index in [1.807, 2.05) is 6.07 Å². The number of hydrogen-bond donors (Lipinski definition) is 2. The predicted molar refractivity (Wildman–Crippen MR) is 70.7 cm³/mol. The van der Waals surface area contributed by atoms with Gasteiger partial charge in [0.1, 0.15) is 6.54 Å². The third-order valence-corrected chi connectivity index (χ3v) is 2.79. The van der Waals surface area contributed by atoms with Gasteiger partial charge in [-0.25, -0.2) is 0 Å². The Balaban J connectivity index is 3.14. The molecule has 0 aliphatic carbocycles. The molecule has 0 amide bonds. The molecule has 94 valence electrons. The Morgan fingerprint density at radius 2 is 1.65 bits per heavy atom. The van der Waals surface area contributed by atoms with Crippen LogP contribution in [-0.4, -0.2) is 17.6 Å². The molecule has 0 fully saturated rings. The Morgan fingerprint density at radius 1 is 1.18 bits per heavy atom. The van der Waals surface area contributed by atoms with Gasteiger partial charge >= 0.3 is 5.97 Å². The van der Waals surface area contributed by atoms with Crippen LogP contribution in [0.2, 0.25) is 0 Å². The van der Waals surface area contributed by atoms with E-state index < -0.39 is 5.97 Å². The van der Waals surface area contributed by atoms with Crippen LogP contribution in [0.3, 0.4) is 0 Å². The van der Waals surface area contributed by atoms with Gasteiger partial charge < -0.3 is 10.4 Å². The Kier molecular flexibility index (Phi) is 4.55. The number of hydrogen-bond acceptors (Lipinski definition) is 2. The number of rotatable bonds is 5. The first-order chi connectivity index (χ1) is 7.93. The number of anilines is 1. The van der Waals surface area contributed by atoms with Crippen molar-refractivity contribution in [1.29, 1.82) is 0 Å². The van der Waals surface area contributed by atoms with Crippen LogP contribution < -0.4 is 5.32 Å². The summed E-state index contributed by atoms with van der Waals surface area (Å²) in [5.74, 6) is -0.0757. The van der Waals surface area contributed by atoms with Crippen molar-refractivity contribution in [3.63, 3.8) is 0 Å². The zero-order chi connectivity index (χ0) is 13.0. The number of carbonyl (C=O) groups is 1. The number of benzene rings is 1. The second-order valence-corrected chi connectivity index (χ2v) is 4.87. The topological polar surface area (TPSA) is 49.3 Å². The summed E-state index contributed by atoms with van der Waals surface area (Å²) >= 11 is 0. The van der Waals surface area contributed by atoms with E-state index in [0.717, 1.165) is 5.69 Å². The van der Waals surface area contributed by atoms with Crippen LogP contribution in [0.1, 0.15) is 50.7 Å². The molecule has 0 heterocycles. The van der Waals surface area contributed by atoms with E-state index in [1.165, 1.54) is 11.1 Å². The largest absolute Gasteiger partial charge is 0.480 e. The lowest BCUT2D eigenvalue weighted by Crippen LogP contribution is -2.15. The van der Waals surface area contributed by atoms with Crippen molar-refractivity contribution in [1.82, 2.24) is 0 Å². The molecule has 0 aliphatic rings. The van der Waals surface area contributed by atoms with Gasteiger partial charge in [-0.15, -0.1) is 0 Å². The van der Waals surface area contributed by atoms with Gasteiger partial charge in [0, 0.05) is 5.69 Å². The van der Waals surface area contributed by atoms with E-state index in [9.17, 15) is 4.79 Å². The van der Waals surface area contributed by atoms with Crippen molar-refractivity contribution in [3.05, 3.63) is 29.3 Å². The number of para-hydroxylation sites is 1. The molecule has 0 atom stereocenters. The minimum Gasteiger partial charge on any atom is -0.480 e. The average molecular weight is 235 g/mol. The van der Waals surface area contributed by atoms with Crippen molar-refractivity contribution >= 4 is 11.7 Å². The van der Waals surface area contributed by atoms with E-state index in [1.54, 1.807) is 0 Å². The van der Waals surface area contributed by atoms with Gasteiger partial charge in [-0.2, -0.15) is 0 Å². The second-order valence-electron chi connectivity index (χ2n) is 4.87. The second kappa shape index (κ2) is 5.71. The summed E-state index contributed by atoms with van der Waals surface area (Å²) in [4.78, 5) is 10.7.